The van der Waals surface area contributed by atoms with E-state index in [2.05, 4.69) is 56.4 Å². The molecule has 7 aromatic rings. The van der Waals surface area contributed by atoms with Gasteiger partial charge in [0.1, 0.15) is 131 Å². The number of carboxylic acid groups (broad SMARTS) is 1. The predicted molar refractivity (Wildman–Crippen MR) is 423 cm³/mol. The van der Waals surface area contributed by atoms with Crippen LogP contribution >= 0.6 is 23.2 Å². The maximum Gasteiger partial charge on any atom is 0.330 e. The van der Waals surface area contributed by atoms with E-state index in [1.165, 1.54) is 49.5 Å². The van der Waals surface area contributed by atoms with Gasteiger partial charge in [0.15, 0.2) is 29.0 Å². The number of benzene rings is 7. The molecule has 0 aliphatic carbocycles. The number of carbonyl (C=O) groups is 8. The number of carbonyl (C=O) groups excluding carboxylic acids is 7. The lowest BCUT2D eigenvalue weighted by Gasteiger charge is -2.42. The van der Waals surface area contributed by atoms with Crippen molar-refractivity contribution in [2.24, 2.45) is 5.92 Å². The van der Waals surface area contributed by atoms with Crippen LogP contribution in [0.3, 0.4) is 0 Å². The summed E-state index contributed by atoms with van der Waals surface area (Å²) in [5, 5.41) is 168. The van der Waals surface area contributed by atoms with Gasteiger partial charge in [-0.25, -0.2) is 4.79 Å². The number of aliphatic hydroxyl groups excluding tert-OH is 8. The molecule has 0 aromatic heterocycles. The second kappa shape index (κ2) is 37.3. The first-order valence-electron chi connectivity index (χ1n) is 38.9. The number of phenols is 4. The molecule has 0 spiro atoms. The average Bonchev–Trinajstić information content (AvgIpc) is 0.758. The molecular formula is C83H90Cl2N8O28. The van der Waals surface area contributed by atoms with Gasteiger partial charge in [-0.2, -0.15) is 0 Å². The molecule has 0 radical (unpaired) electrons. The molecule has 18 atom stereocenters. The Bertz CT molecular complexity index is 5100. The molecule has 15 rings (SSSR count). The van der Waals surface area contributed by atoms with Crippen molar-refractivity contribution >= 4 is 70.5 Å². The Balaban J connectivity index is 1.03. The number of hydrogen-bond acceptors (Lipinski definition) is 28. The lowest BCUT2D eigenvalue weighted by Crippen LogP contribution is -2.65. The number of fused-ring (bicyclic) bond motifs is 14. The normalized spacial score (nSPS) is 26.7. The molecule has 36 nitrogen and oxygen atoms in total. The zero-order valence-electron chi connectivity index (χ0n) is 64.9. The quantitative estimate of drug-likeness (QED) is 0.0538. The number of aliphatic hydroxyl groups is 8. The van der Waals surface area contributed by atoms with E-state index in [0.29, 0.717) is 24.3 Å². The third-order valence-electron chi connectivity index (χ3n) is 21.7. The number of ether oxygens (including phenoxy) is 7. The van der Waals surface area contributed by atoms with Crippen LogP contribution in [-0.2, 0) is 54.3 Å². The second-order valence-corrected chi connectivity index (χ2v) is 31.3. The smallest absolute Gasteiger partial charge is 0.330 e. The molecule has 2 saturated heterocycles. The van der Waals surface area contributed by atoms with Crippen molar-refractivity contribution in [2.75, 3.05) is 20.3 Å². The maximum absolute atomic E-state index is 16.7. The fourth-order valence-corrected chi connectivity index (χ4v) is 15.7. The summed E-state index contributed by atoms with van der Waals surface area (Å²) in [7, 11) is 1.43. The molecule has 2 fully saturated rings. The van der Waals surface area contributed by atoms with Gasteiger partial charge < -0.3 is 142 Å². The van der Waals surface area contributed by atoms with Crippen molar-refractivity contribution in [3.63, 3.8) is 0 Å². The Morgan fingerprint density at radius 2 is 1.14 bits per heavy atom. The van der Waals surface area contributed by atoms with E-state index in [1.54, 1.807) is 0 Å². The van der Waals surface area contributed by atoms with Crippen molar-refractivity contribution in [3.05, 3.63) is 164 Å². The van der Waals surface area contributed by atoms with E-state index in [4.69, 9.17) is 56.4 Å². The van der Waals surface area contributed by atoms with Gasteiger partial charge in [-0.05, 0) is 120 Å². The maximum atomic E-state index is 16.7. The van der Waals surface area contributed by atoms with E-state index in [9.17, 15) is 80.8 Å². The summed E-state index contributed by atoms with van der Waals surface area (Å²) in [6.45, 7) is 2.35. The minimum absolute atomic E-state index is 0.0822. The third-order valence-corrected chi connectivity index (χ3v) is 22.4. The van der Waals surface area contributed by atoms with Crippen molar-refractivity contribution < 1.29 is 138 Å². The number of nitrogens with one attached hydrogen (secondary N) is 8. The van der Waals surface area contributed by atoms with Crippen molar-refractivity contribution in [1.82, 2.24) is 42.5 Å². The first-order valence-corrected chi connectivity index (χ1v) is 39.7. The molecule has 8 heterocycles. The summed E-state index contributed by atoms with van der Waals surface area (Å²) in [4.78, 5) is 123. The molecule has 21 N–H and O–H groups in total. The SMILES string of the molecule is CN[C@@H]1C(=O)N[C@@H]2Cc3ccc(cc3)Oc3cc4cc(c3O[C@@H]3O[C@H](CO)[C@@H](O)[C@H](O)[C@H]3NC(=O)CCCCCCCCC(C)C)Oc3ccc(cc3Cl)[C@@H](O)[C@@H]3NC(=O)[C@H](NC(=O)[C@@H]4NC(=O)[C@@H](NC2=O)c2cc(cc(O)c2Cl)Oc2cc1ccc2O)c1ccc(O)c(c1)-c1c(O[C@H]2O[C@H](CO)[C@@H](O)[C@H](O)[C@@H]2O)cc(O)cc1[C@@H](C(=O)O)NC3=O. The Morgan fingerprint density at radius 1 is 0.529 bits per heavy atom. The summed E-state index contributed by atoms with van der Waals surface area (Å²) < 4.78 is 44.4. The second-order valence-electron chi connectivity index (χ2n) is 30.6. The van der Waals surface area contributed by atoms with E-state index in [0.717, 1.165) is 105 Å². The molecule has 7 amide bonds. The number of halogens is 2. The van der Waals surface area contributed by atoms with Crippen molar-refractivity contribution in [2.45, 2.75) is 181 Å². The highest BCUT2D eigenvalue weighted by Crippen LogP contribution is 2.50. The Kier molecular flexibility index (Phi) is 27.0. The van der Waals surface area contributed by atoms with Gasteiger partial charge >= 0.3 is 5.97 Å². The van der Waals surface area contributed by atoms with Gasteiger partial charge in [-0.15, -0.1) is 0 Å². The fourth-order valence-electron chi connectivity index (χ4n) is 15.2. The third kappa shape index (κ3) is 19.1. The minimum Gasteiger partial charge on any atom is -0.508 e. The number of phenolic OH excluding ortho intramolecular Hbond substituents is 4. The summed E-state index contributed by atoms with van der Waals surface area (Å²) >= 11 is 14.2. The summed E-state index contributed by atoms with van der Waals surface area (Å²) in [5.41, 5.74) is -3.05. The molecular weight excluding hydrogens is 1630 g/mol. The molecule has 8 aliphatic heterocycles. The highest BCUT2D eigenvalue weighted by atomic mass is 35.5. The van der Waals surface area contributed by atoms with E-state index in [1.807, 2.05) is 0 Å². The van der Waals surface area contributed by atoms with Crippen LogP contribution < -0.4 is 66.2 Å². The highest BCUT2D eigenvalue weighted by molar-refractivity contribution is 6.33. The first kappa shape index (κ1) is 87.5. The highest BCUT2D eigenvalue weighted by Gasteiger charge is 2.50. The van der Waals surface area contributed by atoms with E-state index < -0.39 is 265 Å². The molecule has 17 bridgehead atoms. The number of aliphatic carboxylic acids is 1. The first-order chi connectivity index (χ1) is 57.8. The summed E-state index contributed by atoms with van der Waals surface area (Å²) in [6.07, 6.45) is -14.4. The lowest BCUT2D eigenvalue weighted by molar-refractivity contribution is -0.277. The molecule has 0 saturated carbocycles. The molecule has 0 unspecified atom stereocenters. The van der Waals surface area contributed by atoms with Crippen LogP contribution in [0, 0.1) is 5.92 Å². The monoisotopic (exact) mass is 1720 g/mol. The number of carboxylic acids is 1. The number of rotatable bonds is 18. The summed E-state index contributed by atoms with van der Waals surface area (Å²) in [6, 6.07) is 5.33. The van der Waals surface area contributed by atoms with E-state index >= 15 is 24.0 Å². The number of aromatic hydroxyl groups is 4. The van der Waals surface area contributed by atoms with Crippen molar-refractivity contribution in [3.8, 4) is 80.1 Å². The molecule has 8 aliphatic rings. The number of unbranched alkanes of at least 4 members (excludes halogenated alkanes) is 5. The Hall–Kier alpha value is -11.4. The summed E-state index contributed by atoms with van der Waals surface area (Å²) in [5.74, 6) is -16.4. The standard InChI is InChI=1S/C83H90Cl2N8O28/c1-34(2)10-8-6-4-5-7-9-11-58(100)88-67-71(104)69(102)56(32-94)119-82(67)121-74-54-26-39-27-55(74)117-51-21-16-38(24-46(51)84)68(101)66-80(112)92-65(81(113)114)44-28-40(96)29-53(118-83-73(106)72(105)70(103)57(33-95)120-83)59(44)43-23-36(14-19-48(43)97)62(77(109)93-66)89-78(110)63(39)90-79(111)64-45-30-42(31-50(99)60(45)85)116-52-25-37(15-20-49(52)98)61(86-3)76(108)87-47(75(107)91-64)22-35-12-17-41(115-54)18-13-35/h12-21,23-31,34,47,56-57,61-73,82-83,86,94-99,101-106H,4-11,22,32-33H2,1-3H3,(H,87,108)(H,88,100)(H,89,110)(H,90,111)(H,91,107)(H,92,112)(H,93,109)(H,113,114)/t47-,56-,57-,61+,62-,63-,64+,65+,66+,67-,68-,69-,70-,71-,72+,73+,82+,83+/m1/s1. The van der Waals surface area contributed by atoms with E-state index in [-0.39, 0.29) is 41.2 Å². The van der Waals surface area contributed by atoms with Crippen LogP contribution in [0.15, 0.2) is 115 Å². The molecule has 121 heavy (non-hydrogen) atoms. The topological polar surface area (TPSA) is 560 Å². The largest absolute Gasteiger partial charge is 0.508 e. The molecule has 38 heteroatoms. The van der Waals surface area contributed by atoms with Gasteiger partial charge in [0, 0.05) is 47.2 Å². The van der Waals surface area contributed by atoms with Crippen molar-refractivity contribution in [1.29, 1.82) is 0 Å². The Labute approximate surface area is 699 Å². The molecule has 644 valence electrons. The number of likely N-dealkylation sites (N-methyl/N-ethyl adjacent to an activating group) is 1. The van der Waals surface area contributed by atoms with Crippen LogP contribution in [-0.4, -0.2) is 207 Å². The fraction of sp³-hybridized carbons (Fsp3) is 0.398. The number of hydrogen-bond donors (Lipinski definition) is 21. The van der Waals surface area contributed by atoms with Gasteiger partial charge in [0.05, 0.1) is 23.3 Å². The number of amides is 7. The van der Waals surface area contributed by atoms with Crippen LogP contribution in [0.4, 0.5) is 0 Å². The van der Waals surface area contributed by atoms with Gasteiger partial charge in [0.2, 0.25) is 59.7 Å². The lowest BCUT2D eigenvalue weighted by atomic mass is 9.89. The van der Waals surface area contributed by atoms with Crippen LogP contribution in [0.1, 0.15) is 140 Å². The van der Waals surface area contributed by atoms with Crippen LogP contribution in [0.5, 0.6) is 69.0 Å². The van der Waals surface area contributed by atoms with Gasteiger partial charge in [-0.1, -0.05) is 106 Å². The van der Waals surface area contributed by atoms with Gasteiger partial charge in [-0.3, -0.25) is 33.6 Å². The zero-order chi connectivity index (χ0) is 86.7. The average molecular weight is 1720 g/mol. The van der Waals surface area contributed by atoms with Crippen LogP contribution in [0.25, 0.3) is 11.1 Å². The molecule has 7 aromatic carbocycles. The van der Waals surface area contributed by atoms with Gasteiger partial charge in [0.25, 0.3) is 0 Å². The zero-order valence-corrected chi connectivity index (χ0v) is 66.4. The van der Waals surface area contributed by atoms with Crippen LogP contribution in [0.2, 0.25) is 10.0 Å². The predicted octanol–water partition coefficient (Wildman–Crippen LogP) is 4.09. The minimum atomic E-state index is -2.42. The Morgan fingerprint density at radius 3 is 1.83 bits per heavy atom.